The van der Waals surface area contributed by atoms with Crippen LogP contribution in [0.1, 0.15) is 19.3 Å². The molecule has 1 saturated heterocycles. The molecule has 0 radical (unpaired) electrons. The Hall–Kier alpha value is -2.23. The Balaban J connectivity index is 1.18. The highest BCUT2D eigenvalue weighted by Gasteiger charge is 2.71. The largest absolute Gasteiger partial charge is 0.429 e. The van der Waals surface area contributed by atoms with Crippen LogP contribution in [-0.2, 0) is 9.53 Å². The third kappa shape index (κ3) is 3.05. The third-order valence-corrected chi connectivity index (χ3v) is 6.26. The van der Waals surface area contributed by atoms with Gasteiger partial charge in [0.1, 0.15) is 16.6 Å². The van der Waals surface area contributed by atoms with E-state index in [2.05, 4.69) is 20.2 Å². The molecule has 142 valence electrons. The van der Waals surface area contributed by atoms with E-state index < -0.39 is 5.60 Å². The Bertz CT molecular complexity index is 843. The van der Waals surface area contributed by atoms with Crippen molar-refractivity contribution in [3.05, 3.63) is 24.5 Å². The van der Waals surface area contributed by atoms with Crippen molar-refractivity contribution >= 4 is 28.1 Å². The molecule has 8 nitrogen and oxygen atoms in total. The van der Waals surface area contributed by atoms with Gasteiger partial charge in [0.2, 0.25) is 5.91 Å². The Kier molecular flexibility index (Phi) is 3.85. The van der Waals surface area contributed by atoms with E-state index in [1.807, 2.05) is 12.1 Å². The van der Waals surface area contributed by atoms with Crippen LogP contribution in [0.3, 0.4) is 0 Å². The Morgan fingerprint density at radius 2 is 2.00 bits per heavy atom. The first-order valence-electron chi connectivity index (χ1n) is 9.00. The van der Waals surface area contributed by atoms with Crippen molar-refractivity contribution in [1.29, 1.82) is 0 Å². The first-order valence-corrected chi connectivity index (χ1v) is 9.82. The number of aliphatic hydroxyl groups is 1. The first-order chi connectivity index (χ1) is 13.0. The van der Waals surface area contributed by atoms with E-state index in [4.69, 9.17) is 9.47 Å². The molecule has 3 saturated carbocycles. The smallest absolute Gasteiger partial charge is 0.280 e. The number of hydrogen-bond donors (Lipinski definition) is 2. The zero-order chi connectivity index (χ0) is 18.5. The molecular formula is C18H20N4O4S. The van der Waals surface area contributed by atoms with Gasteiger partial charge in [-0.3, -0.25) is 4.79 Å². The molecule has 0 atom stereocenters. The van der Waals surface area contributed by atoms with Gasteiger partial charge in [-0.2, -0.15) is 0 Å². The van der Waals surface area contributed by atoms with Crippen molar-refractivity contribution < 1.29 is 19.4 Å². The van der Waals surface area contributed by atoms with E-state index in [0.29, 0.717) is 48.4 Å². The Morgan fingerprint density at radius 1 is 1.22 bits per heavy atom. The quantitative estimate of drug-likeness (QED) is 0.809. The number of morpholine rings is 1. The maximum atomic E-state index is 12.3. The molecule has 9 heteroatoms. The minimum absolute atomic E-state index is 0.0369. The monoisotopic (exact) mass is 388 g/mol. The molecule has 3 heterocycles. The van der Waals surface area contributed by atoms with E-state index in [9.17, 15) is 9.90 Å². The SMILES string of the molecule is O=C(Nc1cnc(Oc2ccc(N3CCOCC3)nc2)s1)C12CC(O)(C1)C2. The van der Waals surface area contributed by atoms with Crippen LogP contribution in [0.2, 0.25) is 0 Å². The van der Waals surface area contributed by atoms with Crippen LogP contribution < -0.4 is 15.0 Å². The van der Waals surface area contributed by atoms with E-state index >= 15 is 0 Å². The van der Waals surface area contributed by atoms with Crippen molar-refractivity contribution in [2.75, 3.05) is 36.5 Å². The number of aromatic nitrogens is 2. The maximum absolute atomic E-state index is 12.3. The Labute approximate surface area is 160 Å². The van der Waals surface area contributed by atoms with Crippen LogP contribution >= 0.6 is 11.3 Å². The van der Waals surface area contributed by atoms with Crippen LogP contribution in [0.5, 0.6) is 10.9 Å². The average Bonchev–Trinajstić information content (AvgIpc) is 3.06. The summed E-state index contributed by atoms with van der Waals surface area (Å²) in [5, 5.41) is 13.8. The van der Waals surface area contributed by atoms with Gasteiger partial charge in [-0.05, 0) is 31.4 Å². The summed E-state index contributed by atoms with van der Waals surface area (Å²) >= 11 is 1.27. The van der Waals surface area contributed by atoms with Crippen LogP contribution in [0.4, 0.5) is 10.8 Å². The molecule has 2 N–H and O–H groups in total. The van der Waals surface area contributed by atoms with Crippen molar-refractivity contribution in [2.24, 2.45) is 5.41 Å². The number of pyridine rings is 1. The second kappa shape index (κ2) is 6.15. The summed E-state index contributed by atoms with van der Waals surface area (Å²) in [5.74, 6) is 1.46. The molecule has 4 fully saturated rings. The lowest BCUT2D eigenvalue weighted by atomic mass is 9.41. The molecule has 4 aliphatic rings. The fourth-order valence-corrected chi connectivity index (χ4v) is 4.78. The summed E-state index contributed by atoms with van der Waals surface area (Å²) in [5.41, 5.74) is -0.960. The summed E-state index contributed by atoms with van der Waals surface area (Å²) in [6.07, 6.45) is 4.96. The van der Waals surface area contributed by atoms with E-state index in [1.165, 1.54) is 11.3 Å². The molecule has 0 spiro atoms. The second-order valence-corrected chi connectivity index (χ2v) is 8.53. The van der Waals surface area contributed by atoms with Gasteiger partial charge in [0, 0.05) is 13.1 Å². The van der Waals surface area contributed by atoms with E-state index in [-0.39, 0.29) is 11.3 Å². The van der Waals surface area contributed by atoms with Gasteiger partial charge in [0.05, 0.1) is 36.6 Å². The van der Waals surface area contributed by atoms with Crippen LogP contribution in [-0.4, -0.2) is 52.9 Å². The third-order valence-electron chi connectivity index (χ3n) is 5.47. The van der Waals surface area contributed by atoms with E-state index in [0.717, 1.165) is 18.9 Å². The zero-order valence-corrected chi connectivity index (χ0v) is 15.5. The summed E-state index contributed by atoms with van der Waals surface area (Å²) in [6, 6.07) is 3.78. The average molecular weight is 388 g/mol. The molecule has 0 aromatic carbocycles. The number of carbonyl (C=O) groups excluding carboxylic acids is 1. The lowest BCUT2D eigenvalue weighted by Crippen LogP contribution is -2.71. The minimum Gasteiger partial charge on any atom is -0.429 e. The number of nitrogens with one attached hydrogen (secondary N) is 1. The zero-order valence-electron chi connectivity index (χ0n) is 14.7. The number of hydrogen-bond acceptors (Lipinski definition) is 8. The van der Waals surface area contributed by atoms with Crippen molar-refractivity contribution in [3.63, 3.8) is 0 Å². The number of thiazole rings is 1. The fraction of sp³-hybridized carbons (Fsp3) is 0.500. The summed E-state index contributed by atoms with van der Waals surface area (Å²) in [4.78, 5) is 23.2. The molecule has 1 amide bonds. The normalized spacial score (nSPS) is 28.9. The fourth-order valence-electron chi connectivity index (χ4n) is 4.10. The molecule has 6 rings (SSSR count). The van der Waals surface area contributed by atoms with Gasteiger partial charge in [-0.1, -0.05) is 11.3 Å². The molecule has 1 aliphatic heterocycles. The number of ether oxygens (including phenoxy) is 2. The standard InChI is InChI=1S/C18H20N4O4S/c23-15(17-9-18(24,10-17)11-17)21-14-8-20-16(27-14)26-12-1-2-13(19-7-12)22-3-5-25-6-4-22/h1-2,7-8,24H,3-6,9-11H2,(H,21,23). The Morgan fingerprint density at radius 3 is 2.67 bits per heavy atom. The highest BCUT2D eigenvalue weighted by Crippen LogP contribution is 2.67. The van der Waals surface area contributed by atoms with Gasteiger partial charge in [0.25, 0.3) is 5.19 Å². The summed E-state index contributed by atoms with van der Waals surface area (Å²) in [6.45, 7) is 3.10. The number of nitrogens with zero attached hydrogens (tertiary/aromatic N) is 3. The number of anilines is 2. The predicted molar refractivity (Wildman–Crippen MR) is 99.3 cm³/mol. The van der Waals surface area contributed by atoms with Crippen molar-refractivity contribution in [2.45, 2.75) is 24.9 Å². The molecule has 27 heavy (non-hydrogen) atoms. The van der Waals surface area contributed by atoms with E-state index in [1.54, 1.807) is 12.4 Å². The lowest BCUT2D eigenvalue weighted by Gasteiger charge is -2.65. The van der Waals surface area contributed by atoms with Gasteiger partial charge >= 0.3 is 0 Å². The maximum Gasteiger partial charge on any atom is 0.280 e. The second-order valence-electron chi connectivity index (χ2n) is 7.53. The molecular weight excluding hydrogens is 368 g/mol. The predicted octanol–water partition coefficient (Wildman–Crippen LogP) is 2.02. The van der Waals surface area contributed by atoms with Gasteiger partial charge in [0.15, 0.2) is 0 Å². The molecule has 0 unspecified atom stereocenters. The van der Waals surface area contributed by atoms with Crippen molar-refractivity contribution in [1.82, 2.24) is 9.97 Å². The van der Waals surface area contributed by atoms with Gasteiger partial charge in [-0.15, -0.1) is 0 Å². The minimum atomic E-state index is -0.584. The molecule has 3 aliphatic carbocycles. The molecule has 2 bridgehead atoms. The number of carbonyl (C=O) groups is 1. The first kappa shape index (κ1) is 16.9. The van der Waals surface area contributed by atoms with Gasteiger partial charge < -0.3 is 24.8 Å². The molecule has 2 aromatic heterocycles. The van der Waals surface area contributed by atoms with Crippen LogP contribution in [0, 0.1) is 5.41 Å². The molecule has 2 aromatic rings. The van der Waals surface area contributed by atoms with Crippen LogP contribution in [0.15, 0.2) is 24.5 Å². The number of amides is 1. The van der Waals surface area contributed by atoms with Crippen molar-refractivity contribution in [3.8, 4) is 10.9 Å². The highest BCUT2D eigenvalue weighted by atomic mass is 32.1. The number of rotatable bonds is 5. The highest BCUT2D eigenvalue weighted by molar-refractivity contribution is 7.17. The van der Waals surface area contributed by atoms with Crippen LogP contribution in [0.25, 0.3) is 0 Å². The lowest BCUT2D eigenvalue weighted by molar-refractivity contribution is -0.247. The summed E-state index contributed by atoms with van der Waals surface area (Å²) < 4.78 is 11.1. The summed E-state index contributed by atoms with van der Waals surface area (Å²) in [7, 11) is 0. The topological polar surface area (TPSA) is 96.8 Å². The van der Waals surface area contributed by atoms with Gasteiger partial charge in [-0.25, -0.2) is 9.97 Å².